The van der Waals surface area contributed by atoms with Crippen LogP contribution in [0.5, 0.6) is 0 Å². The van der Waals surface area contributed by atoms with E-state index in [1.54, 1.807) is 34.6 Å². The maximum absolute atomic E-state index is 13.8. The van der Waals surface area contributed by atoms with E-state index in [-0.39, 0.29) is 42.5 Å². The van der Waals surface area contributed by atoms with Crippen molar-refractivity contribution in [1.82, 2.24) is 19.2 Å². The first kappa shape index (κ1) is 23.5. The smallest absolute Gasteiger partial charge is 0.252 e. The maximum atomic E-state index is 13.8. The number of hydrogen-bond acceptors (Lipinski definition) is 6. The van der Waals surface area contributed by atoms with Crippen LogP contribution in [-0.2, 0) is 20.0 Å². The number of aryl methyl sites for hydroxylation is 1. The minimum absolute atomic E-state index is 0.00190. The van der Waals surface area contributed by atoms with Crippen LogP contribution in [0.25, 0.3) is 11.0 Å². The number of aromatic nitrogens is 3. The summed E-state index contributed by atoms with van der Waals surface area (Å²) in [5.74, 6) is -0.335. The van der Waals surface area contributed by atoms with Gasteiger partial charge >= 0.3 is 0 Å². The molecule has 176 valence electrons. The third kappa shape index (κ3) is 4.15. The summed E-state index contributed by atoms with van der Waals surface area (Å²) in [4.78, 5) is 17.3. The van der Waals surface area contributed by atoms with Crippen LogP contribution in [-0.4, -0.2) is 44.4 Å². The molecule has 2 aromatic heterocycles. The van der Waals surface area contributed by atoms with E-state index in [1.165, 1.54) is 12.1 Å². The van der Waals surface area contributed by atoms with Gasteiger partial charge in [0, 0.05) is 44.3 Å². The number of nitrogens with zero attached hydrogens (tertiary/aromatic N) is 7. The number of pyridine rings is 1. The van der Waals surface area contributed by atoms with Crippen molar-refractivity contribution in [2.24, 2.45) is 7.05 Å². The van der Waals surface area contributed by atoms with Gasteiger partial charge in [-0.2, -0.15) is 15.6 Å². The highest BCUT2D eigenvalue weighted by Crippen LogP contribution is 2.33. The minimum atomic E-state index is -0.335. The Morgan fingerprint density at radius 1 is 1.18 bits per heavy atom. The average molecular weight is 462 g/mol. The van der Waals surface area contributed by atoms with Crippen molar-refractivity contribution in [1.29, 1.82) is 10.5 Å². The number of benzene rings is 1. The van der Waals surface area contributed by atoms with Gasteiger partial charge in [-0.25, -0.2) is 4.39 Å². The molecule has 3 atom stereocenters. The lowest BCUT2D eigenvalue weighted by Crippen LogP contribution is -2.57. The van der Waals surface area contributed by atoms with E-state index in [4.69, 9.17) is 5.26 Å². The van der Waals surface area contributed by atoms with E-state index in [2.05, 4.69) is 47.8 Å². The predicted octanol–water partition coefficient (Wildman–Crippen LogP) is 3.12. The first-order valence-electron chi connectivity index (χ1n) is 11.4. The molecule has 1 aromatic carbocycles. The molecule has 3 aromatic rings. The summed E-state index contributed by atoms with van der Waals surface area (Å²) >= 11 is 0. The second-order valence-corrected chi connectivity index (χ2v) is 9.05. The van der Waals surface area contributed by atoms with Crippen molar-refractivity contribution < 1.29 is 4.39 Å². The molecule has 3 heterocycles. The van der Waals surface area contributed by atoms with Gasteiger partial charge in [-0.05, 0) is 44.0 Å². The lowest BCUT2D eigenvalue weighted by Gasteiger charge is -2.48. The average Bonchev–Trinajstić information content (AvgIpc) is 3.22. The number of nitriles is 2. The van der Waals surface area contributed by atoms with Gasteiger partial charge in [0.25, 0.3) is 5.56 Å². The van der Waals surface area contributed by atoms with E-state index in [0.29, 0.717) is 23.1 Å². The summed E-state index contributed by atoms with van der Waals surface area (Å²) in [5.41, 5.74) is 3.72. The molecule has 1 aliphatic rings. The zero-order valence-electron chi connectivity index (χ0n) is 19.9. The predicted molar refractivity (Wildman–Crippen MR) is 128 cm³/mol. The molecule has 0 spiro atoms. The molecule has 0 N–H and O–H groups in total. The van der Waals surface area contributed by atoms with E-state index in [9.17, 15) is 14.4 Å². The lowest BCUT2D eigenvalue weighted by molar-refractivity contribution is 0.119. The van der Waals surface area contributed by atoms with Gasteiger partial charge in [-0.15, -0.1) is 0 Å². The molecule has 0 aliphatic carbocycles. The zero-order chi connectivity index (χ0) is 24.6. The first-order valence-corrected chi connectivity index (χ1v) is 11.4. The number of rotatable bonds is 5. The highest BCUT2D eigenvalue weighted by atomic mass is 19.1. The molecule has 4 rings (SSSR count). The Hall–Kier alpha value is -3.69. The Bertz CT molecular complexity index is 1360. The fourth-order valence-corrected chi connectivity index (χ4v) is 5.04. The highest BCUT2D eigenvalue weighted by Gasteiger charge is 2.34. The summed E-state index contributed by atoms with van der Waals surface area (Å²) in [6, 6.07) is 10.8. The molecule has 8 nitrogen and oxygen atoms in total. The van der Waals surface area contributed by atoms with E-state index in [1.807, 2.05) is 0 Å². The molecule has 0 unspecified atom stereocenters. The van der Waals surface area contributed by atoms with Gasteiger partial charge in [-0.1, -0.05) is 6.07 Å². The van der Waals surface area contributed by atoms with E-state index < -0.39 is 0 Å². The summed E-state index contributed by atoms with van der Waals surface area (Å²) in [7, 11) is 1.71. The van der Waals surface area contributed by atoms with Crippen molar-refractivity contribution in [3.63, 3.8) is 0 Å². The van der Waals surface area contributed by atoms with Crippen LogP contribution in [0.15, 0.2) is 35.3 Å². The Labute approximate surface area is 198 Å². The van der Waals surface area contributed by atoms with Gasteiger partial charge in [-0.3, -0.25) is 14.4 Å². The molecule has 0 radical (unpaired) electrons. The quantitative estimate of drug-likeness (QED) is 0.580. The fourth-order valence-electron chi connectivity index (χ4n) is 5.04. The summed E-state index contributed by atoms with van der Waals surface area (Å²) in [5, 5.41) is 22.9. The maximum Gasteiger partial charge on any atom is 0.252 e. The Morgan fingerprint density at radius 2 is 1.94 bits per heavy atom. The van der Waals surface area contributed by atoms with Crippen molar-refractivity contribution in [3.8, 4) is 12.1 Å². The molecule has 0 saturated carbocycles. The zero-order valence-corrected chi connectivity index (χ0v) is 19.9. The molecule has 1 saturated heterocycles. The third-order valence-electron chi connectivity index (χ3n) is 6.84. The molecule has 0 bridgehead atoms. The second-order valence-electron chi connectivity index (χ2n) is 9.05. The van der Waals surface area contributed by atoms with Crippen LogP contribution < -0.4 is 10.5 Å². The second kappa shape index (κ2) is 9.28. The van der Waals surface area contributed by atoms with Crippen LogP contribution in [0.3, 0.4) is 0 Å². The number of fused-ring (bicyclic) bond motifs is 1. The Kier molecular flexibility index (Phi) is 6.41. The Balaban J connectivity index is 1.67. The number of hydrogen-bond donors (Lipinski definition) is 0. The molecule has 0 amide bonds. The Morgan fingerprint density at radius 3 is 2.65 bits per heavy atom. The summed E-state index contributed by atoms with van der Waals surface area (Å²) in [6.07, 6.45) is 1.90. The van der Waals surface area contributed by atoms with Crippen LogP contribution in [0.1, 0.15) is 37.9 Å². The monoisotopic (exact) mass is 461 g/mol. The molecular formula is C25H28FN7O. The van der Waals surface area contributed by atoms with E-state index >= 15 is 0 Å². The van der Waals surface area contributed by atoms with Crippen molar-refractivity contribution in [3.05, 3.63) is 57.8 Å². The van der Waals surface area contributed by atoms with Crippen LogP contribution in [0.4, 0.5) is 10.1 Å². The highest BCUT2D eigenvalue weighted by molar-refractivity contribution is 5.88. The van der Waals surface area contributed by atoms with Gasteiger partial charge in [0.2, 0.25) is 0 Å². The normalized spacial score (nSPS) is 19.7. The van der Waals surface area contributed by atoms with Gasteiger partial charge < -0.3 is 9.47 Å². The lowest BCUT2D eigenvalue weighted by atomic mass is 9.95. The number of anilines is 1. The van der Waals surface area contributed by atoms with Crippen LogP contribution >= 0.6 is 0 Å². The van der Waals surface area contributed by atoms with Crippen LogP contribution in [0, 0.1) is 28.5 Å². The molecule has 1 fully saturated rings. The van der Waals surface area contributed by atoms with Crippen LogP contribution in [0.2, 0.25) is 0 Å². The standard InChI is InChI=1S/C25H28FN7O/c1-16-14-33(22-12-24(34)30(4)23-15-31(10-9-28)29-25(22)23)17(2)13-32(16)18(3)21-6-5-20(26)11-19(21)7-8-27/h5-6,11-12,15-18H,7,10,13-14H2,1-4H3/t16-,17+,18+/m1/s1. The molecule has 1 aliphatic heterocycles. The van der Waals surface area contributed by atoms with Crippen molar-refractivity contribution in [2.45, 2.75) is 51.9 Å². The largest absolute Gasteiger partial charge is 0.364 e. The van der Waals surface area contributed by atoms with E-state index in [0.717, 1.165) is 17.8 Å². The molecular weight excluding hydrogens is 433 g/mol. The van der Waals surface area contributed by atoms with Gasteiger partial charge in [0.05, 0.1) is 36.0 Å². The first-order chi connectivity index (χ1) is 16.2. The molecule has 34 heavy (non-hydrogen) atoms. The summed E-state index contributed by atoms with van der Waals surface area (Å²) < 4.78 is 16.9. The minimum Gasteiger partial charge on any atom is -0.364 e. The van der Waals surface area contributed by atoms with Crippen molar-refractivity contribution >= 4 is 16.7 Å². The molecule has 9 heteroatoms. The third-order valence-corrected chi connectivity index (χ3v) is 6.84. The van der Waals surface area contributed by atoms with Gasteiger partial charge in [0.1, 0.15) is 17.9 Å². The summed E-state index contributed by atoms with van der Waals surface area (Å²) in [6.45, 7) is 7.85. The number of halogens is 1. The van der Waals surface area contributed by atoms with Gasteiger partial charge in [0.15, 0.2) is 0 Å². The number of piperazine rings is 1. The SMILES string of the molecule is C[C@@H]1CN(c2cc(=O)n(C)c3cn(CC#N)nc23)[C@@H](C)CN1[C@@H](C)c1ccc(F)cc1CC#N. The fraction of sp³-hybridized carbons (Fsp3) is 0.440. The van der Waals surface area contributed by atoms with Crippen molar-refractivity contribution in [2.75, 3.05) is 18.0 Å². The topological polar surface area (TPSA) is 93.9 Å².